The van der Waals surface area contributed by atoms with Crippen LogP contribution in [0.15, 0.2) is 0 Å². The maximum Gasteiger partial charge on any atom is 0.325 e. The van der Waals surface area contributed by atoms with E-state index in [1.807, 2.05) is 6.92 Å². The molecule has 0 heterocycles. The Labute approximate surface area is 112 Å². The van der Waals surface area contributed by atoms with E-state index in [-0.39, 0.29) is 24.9 Å². The molecule has 0 rings (SSSR count). The van der Waals surface area contributed by atoms with Crippen LogP contribution in [0.4, 0.5) is 4.79 Å². The number of aliphatic carboxylic acids is 1. The highest BCUT2D eigenvalue weighted by Gasteiger charge is 2.13. The van der Waals surface area contributed by atoms with Gasteiger partial charge in [-0.25, -0.2) is 4.79 Å². The molecule has 110 valence electrons. The van der Waals surface area contributed by atoms with Crippen molar-refractivity contribution in [2.45, 2.75) is 26.2 Å². The number of carbonyl (C=O) groups is 3. The Morgan fingerprint density at radius 1 is 1.32 bits per heavy atom. The smallest absolute Gasteiger partial charge is 0.325 e. The molecule has 1 unspecified atom stereocenters. The summed E-state index contributed by atoms with van der Waals surface area (Å²) >= 11 is 0. The number of nitrogens with zero attached hydrogens (tertiary/aromatic N) is 1. The van der Waals surface area contributed by atoms with Gasteiger partial charge in [0.2, 0.25) is 0 Å². The van der Waals surface area contributed by atoms with Gasteiger partial charge in [0.25, 0.3) is 0 Å². The average Bonchev–Trinajstić information content (AvgIpc) is 2.35. The molecule has 0 aliphatic carbocycles. The Hall–Kier alpha value is -1.79. The van der Waals surface area contributed by atoms with E-state index in [0.29, 0.717) is 19.4 Å². The second-order valence-corrected chi connectivity index (χ2v) is 4.49. The lowest BCUT2D eigenvalue weighted by Gasteiger charge is -2.17. The number of likely N-dealkylation sites (N-methyl/N-ethyl adjacent to an activating group) is 1. The van der Waals surface area contributed by atoms with Crippen molar-refractivity contribution in [3.05, 3.63) is 0 Å². The molecule has 7 nitrogen and oxygen atoms in total. The standard InChI is InChI=1S/C12H22N2O5/c1-9(4-5-10(15)16)6-7-13-12(18)14(2)8-11(17)19-3/h9H,4-8H2,1-3H3,(H,13,18)(H,15,16). The van der Waals surface area contributed by atoms with Crippen LogP contribution in [0.2, 0.25) is 0 Å². The van der Waals surface area contributed by atoms with Crippen LogP contribution in [-0.2, 0) is 14.3 Å². The first-order valence-electron chi connectivity index (χ1n) is 6.14. The van der Waals surface area contributed by atoms with Gasteiger partial charge in [0, 0.05) is 20.0 Å². The number of urea groups is 1. The fourth-order valence-corrected chi connectivity index (χ4v) is 1.40. The maximum absolute atomic E-state index is 11.6. The summed E-state index contributed by atoms with van der Waals surface area (Å²) in [6.45, 7) is 2.29. The molecule has 0 fully saturated rings. The molecule has 0 spiro atoms. The third-order valence-corrected chi connectivity index (χ3v) is 2.71. The molecule has 0 aromatic rings. The molecule has 0 aliphatic rings. The summed E-state index contributed by atoms with van der Waals surface area (Å²) in [6, 6.07) is -0.351. The normalized spacial score (nSPS) is 11.5. The number of rotatable bonds is 8. The summed E-state index contributed by atoms with van der Waals surface area (Å²) < 4.78 is 4.45. The predicted octanol–water partition coefficient (Wildman–Crippen LogP) is 0.692. The van der Waals surface area contributed by atoms with Crippen molar-refractivity contribution in [2.24, 2.45) is 5.92 Å². The first-order chi connectivity index (χ1) is 8.86. The molecule has 0 bridgehead atoms. The number of carbonyl (C=O) groups excluding carboxylic acids is 2. The lowest BCUT2D eigenvalue weighted by atomic mass is 10.0. The van der Waals surface area contributed by atoms with Gasteiger partial charge in [-0.2, -0.15) is 0 Å². The van der Waals surface area contributed by atoms with Gasteiger partial charge in [-0.15, -0.1) is 0 Å². The molecular formula is C12H22N2O5. The second-order valence-electron chi connectivity index (χ2n) is 4.49. The quantitative estimate of drug-likeness (QED) is 0.635. The number of amides is 2. The lowest BCUT2D eigenvalue weighted by Crippen LogP contribution is -2.41. The van der Waals surface area contributed by atoms with Crippen LogP contribution in [0.5, 0.6) is 0 Å². The Bertz CT molecular complexity index is 319. The van der Waals surface area contributed by atoms with Gasteiger partial charge in [-0.05, 0) is 18.8 Å². The Morgan fingerprint density at radius 2 is 1.95 bits per heavy atom. The average molecular weight is 274 g/mol. The van der Waals surface area contributed by atoms with E-state index in [4.69, 9.17) is 5.11 Å². The minimum atomic E-state index is -0.811. The molecule has 1 atom stereocenters. The summed E-state index contributed by atoms with van der Waals surface area (Å²) in [6.07, 6.45) is 1.42. The molecule has 0 aromatic carbocycles. The number of hydrogen-bond donors (Lipinski definition) is 2. The third kappa shape index (κ3) is 8.87. The first-order valence-corrected chi connectivity index (χ1v) is 6.14. The Balaban J connectivity index is 3.78. The molecule has 7 heteroatoms. The summed E-state index contributed by atoms with van der Waals surface area (Å²) in [7, 11) is 2.76. The SMILES string of the molecule is COC(=O)CN(C)C(=O)NCCC(C)CCC(=O)O. The van der Waals surface area contributed by atoms with E-state index < -0.39 is 11.9 Å². The molecule has 2 N–H and O–H groups in total. The van der Waals surface area contributed by atoms with Crippen molar-refractivity contribution >= 4 is 18.0 Å². The largest absolute Gasteiger partial charge is 0.481 e. The van der Waals surface area contributed by atoms with Crippen molar-refractivity contribution in [1.82, 2.24) is 10.2 Å². The Kier molecular flexibility index (Phi) is 8.32. The fourth-order valence-electron chi connectivity index (χ4n) is 1.40. The number of methoxy groups -OCH3 is 1. The van der Waals surface area contributed by atoms with Crippen molar-refractivity contribution in [2.75, 3.05) is 27.2 Å². The highest BCUT2D eigenvalue weighted by molar-refractivity contribution is 5.80. The van der Waals surface area contributed by atoms with E-state index in [9.17, 15) is 14.4 Å². The van der Waals surface area contributed by atoms with E-state index in [2.05, 4.69) is 10.1 Å². The third-order valence-electron chi connectivity index (χ3n) is 2.71. The van der Waals surface area contributed by atoms with Crippen LogP contribution < -0.4 is 5.32 Å². The zero-order chi connectivity index (χ0) is 14.8. The number of carboxylic acid groups (broad SMARTS) is 1. The molecular weight excluding hydrogens is 252 g/mol. The van der Waals surface area contributed by atoms with Crippen LogP contribution in [0.1, 0.15) is 26.2 Å². The van der Waals surface area contributed by atoms with Crippen molar-refractivity contribution < 1.29 is 24.2 Å². The monoisotopic (exact) mass is 274 g/mol. The number of nitrogens with one attached hydrogen (secondary N) is 1. The summed E-state index contributed by atoms with van der Waals surface area (Å²) in [5.41, 5.74) is 0. The molecule has 19 heavy (non-hydrogen) atoms. The molecule has 0 radical (unpaired) electrons. The van der Waals surface area contributed by atoms with Gasteiger partial charge in [-0.3, -0.25) is 9.59 Å². The molecule has 0 saturated heterocycles. The van der Waals surface area contributed by atoms with E-state index in [0.717, 1.165) is 0 Å². The van der Waals surface area contributed by atoms with Crippen molar-refractivity contribution in [3.8, 4) is 0 Å². The summed E-state index contributed by atoms with van der Waals surface area (Å²) in [4.78, 5) is 34.1. The maximum atomic E-state index is 11.6. The van der Waals surface area contributed by atoms with E-state index >= 15 is 0 Å². The predicted molar refractivity (Wildman–Crippen MR) is 68.7 cm³/mol. The number of carboxylic acids is 1. The topological polar surface area (TPSA) is 95.9 Å². The molecule has 0 saturated carbocycles. The van der Waals surface area contributed by atoms with Crippen molar-refractivity contribution in [3.63, 3.8) is 0 Å². The van der Waals surface area contributed by atoms with Gasteiger partial charge in [0.1, 0.15) is 6.54 Å². The van der Waals surface area contributed by atoms with Crippen LogP contribution in [-0.4, -0.2) is 55.2 Å². The zero-order valence-corrected chi connectivity index (χ0v) is 11.6. The Morgan fingerprint density at radius 3 is 2.47 bits per heavy atom. The zero-order valence-electron chi connectivity index (χ0n) is 11.6. The van der Waals surface area contributed by atoms with Crippen LogP contribution >= 0.6 is 0 Å². The van der Waals surface area contributed by atoms with Gasteiger partial charge in [-0.1, -0.05) is 6.92 Å². The van der Waals surface area contributed by atoms with Crippen LogP contribution in [0.3, 0.4) is 0 Å². The van der Waals surface area contributed by atoms with Gasteiger partial charge >= 0.3 is 18.0 Å². The summed E-state index contributed by atoms with van der Waals surface area (Å²) in [5.74, 6) is -1.07. The molecule has 2 amide bonds. The van der Waals surface area contributed by atoms with Crippen LogP contribution in [0.25, 0.3) is 0 Å². The molecule has 0 aliphatic heterocycles. The molecule has 0 aromatic heterocycles. The second kappa shape index (κ2) is 9.18. The van der Waals surface area contributed by atoms with E-state index in [1.54, 1.807) is 0 Å². The van der Waals surface area contributed by atoms with Crippen molar-refractivity contribution in [1.29, 1.82) is 0 Å². The first kappa shape index (κ1) is 17.2. The number of ether oxygens (including phenoxy) is 1. The van der Waals surface area contributed by atoms with E-state index in [1.165, 1.54) is 19.1 Å². The highest BCUT2D eigenvalue weighted by Crippen LogP contribution is 2.09. The fraction of sp³-hybridized carbons (Fsp3) is 0.750. The van der Waals surface area contributed by atoms with Gasteiger partial charge < -0.3 is 20.1 Å². The van der Waals surface area contributed by atoms with Gasteiger partial charge in [0.15, 0.2) is 0 Å². The number of esters is 1. The van der Waals surface area contributed by atoms with Gasteiger partial charge in [0.05, 0.1) is 7.11 Å². The minimum absolute atomic E-state index is 0.100. The number of hydrogen-bond acceptors (Lipinski definition) is 4. The highest BCUT2D eigenvalue weighted by atomic mass is 16.5. The minimum Gasteiger partial charge on any atom is -0.481 e. The lowest BCUT2D eigenvalue weighted by molar-refractivity contribution is -0.141. The summed E-state index contributed by atoms with van der Waals surface area (Å²) in [5, 5.41) is 11.2. The van der Waals surface area contributed by atoms with Crippen LogP contribution in [0, 0.1) is 5.92 Å².